The maximum absolute atomic E-state index is 11.1. The van der Waals surface area contributed by atoms with Gasteiger partial charge in [0.1, 0.15) is 5.56 Å². The zero-order chi connectivity index (χ0) is 11.8. The van der Waals surface area contributed by atoms with Crippen molar-refractivity contribution in [1.29, 1.82) is 0 Å². The van der Waals surface area contributed by atoms with Gasteiger partial charge in [-0.05, 0) is 24.3 Å². The zero-order valence-corrected chi connectivity index (χ0v) is 9.09. The largest absolute Gasteiger partial charge is 0.477 e. The number of carbonyl (C=O) groups is 1. The van der Waals surface area contributed by atoms with E-state index >= 15 is 0 Å². The number of hydrogen-bond donors (Lipinski definition) is 1. The van der Waals surface area contributed by atoms with Crippen LogP contribution in [0.5, 0.6) is 0 Å². The molecule has 0 unspecified atom stereocenters. The molecule has 1 fully saturated rings. The van der Waals surface area contributed by atoms with Gasteiger partial charge in [-0.3, -0.25) is 0 Å². The lowest BCUT2D eigenvalue weighted by Gasteiger charge is -2.05. The minimum Gasteiger partial charge on any atom is -0.477 e. The molecule has 4 heteroatoms. The molecule has 1 aliphatic carbocycles. The first-order valence-electron chi connectivity index (χ1n) is 5.54. The van der Waals surface area contributed by atoms with Gasteiger partial charge in [-0.2, -0.15) is 0 Å². The summed E-state index contributed by atoms with van der Waals surface area (Å²) in [5.74, 6) is -0.107. The summed E-state index contributed by atoms with van der Waals surface area (Å²) in [6.07, 6.45) is 3.57. The Balaban J connectivity index is 2.14. The summed E-state index contributed by atoms with van der Waals surface area (Å²) in [5, 5.41) is 12.6. The fourth-order valence-electron chi connectivity index (χ4n) is 2.04. The van der Waals surface area contributed by atoms with Gasteiger partial charge >= 0.3 is 5.97 Å². The van der Waals surface area contributed by atoms with Crippen LogP contribution in [0.3, 0.4) is 0 Å². The number of benzene rings is 1. The fraction of sp³-hybridized carbons (Fsp3) is 0.231. The molecule has 1 aliphatic rings. The van der Waals surface area contributed by atoms with Crippen molar-refractivity contribution in [3.8, 4) is 11.3 Å². The Bertz CT molecular complexity index is 570. The molecular formula is C13H11NO3. The van der Waals surface area contributed by atoms with Gasteiger partial charge in [0.05, 0.1) is 6.20 Å². The maximum Gasteiger partial charge on any atom is 0.341 e. The molecule has 2 aromatic rings. The summed E-state index contributed by atoms with van der Waals surface area (Å²) in [5.41, 5.74) is 2.13. The molecule has 4 nitrogen and oxygen atoms in total. The van der Waals surface area contributed by atoms with E-state index in [-0.39, 0.29) is 5.56 Å². The summed E-state index contributed by atoms with van der Waals surface area (Å²) in [6, 6.07) is 7.77. The number of hydrogen-bond acceptors (Lipinski definition) is 3. The number of aromatic nitrogens is 1. The highest BCUT2D eigenvalue weighted by atomic mass is 16.5. The van der Waals surface area contributed by atoms with Crippen molar-refractivity contribution in [2.24, 2.45) is 0 Å². The van der Waals surface area contributed by atoms with Crippen LogP contribution in [0, 0.1) is 0 Å². The predicted octanol–water partition coefficient (Wildman–Crippen LogP) is 2.92. The summed E-state index contributed by atoms with van der Waals surface area (Å²) in [6.45, 7) is 0. The number of nitrogens with zero attached hydrogens (tertiary/aromatic N) is 1. The minimum absolute atomic E-state index is 0.123. The van der Waals surface area contributed by atoms with Gasteiger partial charge in [-0.15, -0.1) is 0 Å². The highest BCUT2D eigenvalue weighted by Gasteiger charge is 2.28. The Morgan fingerprint density at radius 2 is 2.12 bits per heavy atom. The van der Waals surface area contributed by atoms with E-state index in [1.165, 1.54) is 6.20 Å². The maximum atomic E-state index is 11.1. The molecule has 0 spiro atoms. The van der Waals surface area contributed by atoms with Gasteiger partial charge in [0.25, 0.3) is 0 Å². The first-order chi connectivity index (χ1) is 8.27. The van der Waals surface area contributed by atoms with Gasteiger partial charge in [0.2, 0.25) is 0 Å². The van der Waals surface area contributed by atoms with Crippen LogP contribution in [-0.2, 0) is 0 Å². The Kier molecular flexibility index (Phi) is 2.21. The molecule has 1 saturated carbocycles. The van der Waals surface area contributed by atoms with E-state index < -0.39 is 5.97 Å². The van der Waals surface area contributed by atoms with Gasteiger partial charge < -0.3 is 9.63 Å². The molecule has 1 aromatic carbocycles. The molecule has 0 amide bonds. The lowest BCUT2D eigenvalue weighted by atomic mass is 9.99. The number of carboxylic acids is 1. The van der Waals surface area contributed by atoms with Crippen molar-refractivity contribution < 1.29 is 14.4 Å². The molecule has 1 heterocycles. The van der Waals surface area contributed by atoms with E-state index in [4.69, 9.17) is 9.63 Å². The molecule has 0 saturated heterocycles. The molecule has 0 aliphatic heterocycles. The molecule has 1 aromatic heterocycles. The van der Waals surface area contributed by atoms with E-state index in [0.717, 1.165) is 24.0 Å². The van der Waals surface area contributed by atoms with Gasteiger partial charge in [-0.1, -0.05) is 29.4 Å². The third kappa shape index (κ3) is 1.71. The molecule has 86 valence electrons. The van der Waals surface area contributed by atoms with E-state index in [9.17, 15) is 4.79 Å². The van der Waals surface area contributed by atoms with Crippen LogP contribution in [0.2, 0.25) is 0 Å². The van der Waals surface area contributed by atoms with Crippen molar-refractivity contribution in [3.63, 3.8) is 0 Å². The fourth-order valence-corrected chi connectivity index (χ4v) is 2.04. The Morgan fingerprint density at radius 3 is 2.82 bits per heavy atom. The van der Waals surface area contributed by atoms with Gasteiger partial charge in [0.15, 0.2) is 5.76 Å². The lowest BCUT2D eigenvalue weighted by molar-refractivity contribution is 0.0697. The smallest absolute Gasteiger partial charge is 0.341 e. The Labute approximate surface area is 97.9 Å². The quantitative estimate of drug-likeness (QED) is 0.878. The van der Waals surface area contributed by atoms with Crippen molar-refractivity contribution in [1.82, 2.24) is 5.16 Å². The Hall–Kier alpha value is -2.10. The standard InChI is InChI=1S/C13H11NO3/c15-13(16)11-7-14-17-12(11)10-4-2-1-3-9(10)8-5-6-8/h1-4,7-8H,5-6H2,(H,15,16). The summed E-state index contributed by atoms with van der Waals surface area (Å²) >= 11 is 0. The van der Waals surface area contributed by atoms with Crippen molar-refractivity contribution in [2.45, 2.75) is 18.8 Å². The van der Waals surface area contributed by atoms with Crippen molar-refractivity contribution in [2.75, 3.05) is 0 Å². The molecule has 1 N–H and O–H groups in total. The monoisotopic (exact) mass is 229 g/mol. The number of aromatic carboxylic acids is 1. The number of rotatable bonds is 3. The second-order valence-electron chi connectivity index (χ2n) is 4.24. The highest BCUT2D eigenvalue weighted by Crippen LogP contribution is 2.44. The SMILES string of the molecule is O=C(O)c1cnoc1-c1ccccc1C1CC1. The van der Waals surface area contributed by atoms with Crippen molar-refractivity contribution in [3.05, 3.63) is 41.6 Å². The first-order valence-corrected chi connectivity index (χ1v) is 5.54. The lowest BCUT2D eigenvalue weighted by Crippen LogP contribution is -1.97. The van der Waals surface area contributed by atoms with Crippen LogP contribution in [-0.4, -0.2) is 16.2 Å². The van der Waals surface area contributed by atoms with Gasteiger partial charge in [-0.25, -0.2) is 4.79 Å². The summed E-state index contributed by atoms with van der Waals surface area (Å²) in [4.78, 5) is 11.1. The second kappa shape index (κ2) is 3.73. The summed E-state index contributed by atoms with van der Waals surface area (Å²) in [7, 11) is 0. The zero-order valence-electron chi connectivity index (χ0n) is 9.09. The first kappa shape index (κ1) is 10.1. The average Bonchev–Trinajstić information content (AvgIpc) is 3.06. The van der Waals surface area contributed by atoms with E-state index in [1.54, 1.807) is 0 Å². The Morgan fingerprint density at radius 1 is 1.35 bits per heavy atom. The molecule has 3 rings (SSSR count). The molecule has 0 atom stereocenters. The second-order valence-corrected chi connectivity index (χ2v) is 4.24. The minimum atomic E-state index is -1.01. The van der Waals surface area contributed by atoms with Gasteiger partial charge in [0, 0.05) is 5.56 Å². The van der Waals surface area contributed by atoms with Crippen molar-refractivity contribution >= 4 is 5.97 Å². The van der Waals surface area contributed by atoms with Crippen LogP contribution >= 0.6 is 0 Å². The van der Waals surface area contributed by atoms with E-state index in [0.29, 0.717) is 11.7 Å². The molecule has 17 heavy (non-hydrogen) atoms. The number of carboxylic acid groups (broad SMARTS) is 1. The topological polar surface area (TPSA) is 63.3 Å². The van der Waals surface area contributed by atoms with Crippen LogP contribution in [0.15, 0.2) is 35.0 Å². The third-order valence-electron chi connectivity index (χ3n) is 3.02. The normalized spacial score (nSPS) is 14.8. The molecular weight excluding hydrogens is 218 g/mol. The van der Waals surface area contributed by atoms with E-state index in [2.05, 4.69) is 5.16 Å². The average molecular weight is 229 g/mol. The van der Waals surface area contributed by atoms with Crippen LogP contribution in [0.1, 0.15) is 34.7 Å². The molecule has 0 bridgehead atoms. The highest BCUT2D eigenvalue weighted by molar-refractivity contribution is 5.94. The van der Waals surface area contributed by atoms with Crippen LogP contribution < -0.4 is 0 Å². The third-order valence-corrected chi connectivity index (χ3v) is 3.02. The van der Waals surface area contributed by atoms with E-state index in [1.807, 2.05) is 24.3 Å². The van der Waals surface area contributed by atoms with Crippen LogP contribution in [0.4, 0.5) is 0 Å². The molecule has 0 radical (unpaired) electrons. The predicted molar refractivity (Wildman–Crippen MR) is 60.9 cm³/mol. The van der Waals surface area contributed by atoms with Crippen LogP contribution in [0.25, 0.3) is 11.3 Å². The summed E-state index contributed by atoms with van der Waals surface area (Å²) < 4.78 is 5.10.